The average molecular weight is 352 g/mol. The lowest BCUT2D eigenvalue weighted by atomic mass is 10.1. The van der Waals surface area contributed by atoms with E-state index in [0.29, 0.717) is 19.5 Å². The van der Waals surface area contributed by atoms with Gasteiger partial charge in [-0.2, -0.15) is 0 Å². The molecule has 1 aliphatic heterocycles. The van der Waals surface area contributed by atoms with E-state index < -0.39 is 12.1 Å². The number of carbonyl (C=O) groups excluding carboxylic acids is 2. The number of hydrogen-bond acceptors (Lipinski definition) is 3. The number of amides is 2. The third-order valence-corrected chi connectivity index (χ3v) is 4.55. The molecule has 0 bridgehead atoms. The normalized spacial score (nSPS) is 16.3. The zero-order valence-corrected chi connectivity index (χ0v) is 14.8. The van der Waals surface area contributed by atoms with Crippen LogP contribution in [0.4, 0.5) is 4.79 Å². The van der Waals surface area contributed by atoms with E-state index in [1.54, 1.807) is 4.90 Å². The molecule has 2 amide bonds. The maximum absolute atomic E-state index is 12.5. The zero-order valence-electron chi connectivity index (χ0n) is 14.8. The number of benzene rings is 2. The molecule has 0 saturated carbocycles. The largest absolute Gasteiger partial charge is 0.445 e. The van der Waals surface area contributed by atoms with Gasteiger partial charge in [0.05, 0.1) is 0 Å². The van der Waals surface area contributed by atoms with Crippen molar-refractivity contribution in [2.45, 2.75) is 31.9 Å². The van der Waals surface area contributed by atoms with E-state index in [-0.39, 0.29) is 12.5 Å². The molecule has 136 valence electrons. The topological polar surface area (TPSA) is 58.6 Å². The Bertz CT molecular complexity index is 719. The molecule has 1 aliphatic rings. The maximum Gasteiger partial charge on any atom is 0.410 e. The highest BCUT2D eigenvalue weighted by molar-refractivity contribution is 5.86. The van der Waals surface area contributed by atoms with Gasteiger partial charge >= 0.3 is 6.09 Å². The molecule has 3 rings (SSSR count). The number of rotatable bonds is 6. The van der Waals surface area contributed by atoms with Gasteiger partial charge < -0.3 is 10.1 Å². The summed E-state index contributed by atoms with van der Waals surface area (Å²) in [6.45, 7) is 1.34. The Morgan fingerprint density at radius 2 is 1.65 bits per heavy atom. The van der Waals surface area contributed by atoms with Crippen molar-refractivity contribution in [1.29, 1.82) is 0 Å². The zero-order chi connectivity index (χ0) is 18.2. The third-order valence-electron chi connectivity index (χ3n) is 4.55. The Kier molecular flexibility index (Phi) is 6.25. The second-order valence-corrected chi connectivity index (χ2v) is 6.42. The molecule has 0 unspecified atom stereocenters. The first-order valence-corrected chi connectivity index (χ1v) is 9.03. The second kappa shape index (κ2) is 9.04. The van der Waals surface area contributed by atoms with Crippen molar-refractivity contribution >= 4 is 12.0 Å². The first-order valence-electron chi connectivity index (χ1n) is 9.03. The van der Waals surface area contributed by atoms with Crippen LogP contribution in [0.1, 0.15) is 24.0 Å². The molecule has 0 aromatic heterocycles. The number of ether oxygens (including phenoxy) is 1. The predicted octanol–water partition coefficient (Wildman–Crippen LogP) is 3.15. The first kappa shape index (κ1) is 18.0. The summed E-state index contributed by atoms with van der Waals surface area (Å²) < 4.78 is 5.37. The number of likely N-dealkylation sites (tertiary alicyclic amines) is 1. The van der Waals surface area contributed by atoms with Crippen molar-refractivity contribution in [2.24, 2.45) is 0 Å². The fraction of sp³-hybridized carbons (Fsp3) is 0.333. The predicted molar refractivity (Wildman–Crippen MR) is 99.5 cm³/mol. The van der Waals surface area contributed by atoms with Crippen molar-refractivity contribution < 1.29 is 14.3 Å². The Balaban J connectivity index is 1.47. The minimum Gasteiger partial charge on any atom is -0.445 e. The Morgan fingerprint density at radius 1 is 1.00 bits per heavy atom. The fourth-order valence-corrected chi connectivity index (χ4v) is 3.15. The van der Waals surface area contributed by atoms with E-state index in [0.717, 1.165) is 18.4 Å². The van der Waals surface area contributed by atoms with Crippen molar-refractivity contribution in [1.82, 2.24) is 10.2 Å². The molecule has 26 heavy (non-hydrogen) atoms. The number of nitrogens with one attached hydrogen (secondary N) is 1. The lowest BCUT2D eigenvalue weighted by Gasteiger charge is -2.23. The molecular formula is C21H24N2O3. The van der Waals surface area contributed by atoms with E-state index in [2.05, 4.69) is 5.32 Å². The molecule has 1 atom stereocenters. The van der Waals surface area contributed by atoms with Gasteiger partial charge in [-0.05, 0) is 30.4 Å². The van der Waals surface area contributed by atoms with Gasteiger partial charge in [0.2, 0.25) is 5.91 Å². The second-order valence-electron chi connectivity index (χ2n) is 6.42. The van der Waals surface area contributed by atoms with E-state index in [4.69, 9.17) is 4.74 Å². The number of nitrogens with zero attached hydrogens (tertiary/aromatic N) is 1. The highest BCUT2D eigenvalue weighted by Gasteiger charge is 2.34. The van der Waals surface area contributed by atoms with Crippen molar-refractivity contribution in [3.05, 3.63) is 71.8 Å². The SMILES string of the molecule is O=C(NCCc1ccccc1)[C@H]1CCCN1C(=O)OCc1ccccc1. The van der Waals surface area contributed by atoms with Gasteiger partial charge in [0, 0.05) is 13.1 Å². The summed E-state index contributed by atoms with van der Waals surface area (Å²) in [5, 5.41) is 2.94. The Labute approximate surface area is 154 Å². The minimum atomic E-state index is -0.436. The lowest BCUT2D eigenvalue weighted by Crippen LogP contribution is -2.46. The molecule has 1 fully saturated rings. The van der Waals surface area contributed by atoms with Crippen LogP contribution in [0, 0.1) is 0 Å². The van der Waals surface area contributed by atoms with E-state index in [1.807, 2.05) is 60.7 Å². The Morgan fingerprint density at radius 3 is 2.35 bits per heavy atom. The molecule has 5 nitrogen and oxygen atoms in total. The minimum absolute atomic E-state index is 0.102. The molecular weight excluding hydrogens is 328 g/mol. The third kappa shape index (κ3) is 4.85. The molecule has 0 spiro atoms. The molecule has 0 aliphatic carbocycles. The van der Waals surface area contributed by atoms with Crippen LogP contribution in [0.2, 0.25) is 0 Å². The lowest BCUT2D eigenvalue weighted by molar-refractivity contribution is -0.125. The van der Waals surface area contributed by atoms with Crippen molar-refractivity contribution in [3.63, 3.8) is 0 Å². The summed E-state index contributed by atoms with van der Waals surface area (Å²) in [6.07, 6.45) is 1.85. The summed E-state index contributed by atoms with van der Waals surface area (Å²) in [5.74, 6) is -0.102. The standard InChI is InChI=1S/C21H24N2O3/c24-20(22-14-13-17-8-3-1-4-9-17)19-12-7-15-23(19)21(25)26-16-18-10-5-2-6-11-18/h1-6,8-11,19H,7,12-16H2,(H,22,24)/t19-/m1/s1. The van der Waals surface area contributed by atoms with Gasteiger partial charge in [0.1, 0.15) is 12.6 Å². The van der Waals surface area contributed by atoms with Gasteiger partial charge in [-0.25, -0.2) is 4.79 Å². The number of hydrogen-bond donors (Lipinski definition) is 1. The number of carbonyl (C=O) groups is 2. The summed E-state index contributed by atoms with van der Waals surface area (Å²) >= 11 is 0. The molecule has 2 aromatic rings. The van der Waals surface area contributed by atoms with Crippen LogP contribution < -0.4 is 5.32 Å². The monoisotopic (exact) mass is 352 g/mol. The van der Waals surface area contributed by atoms with Crippen molar-refractivity contribution in [2.75, 3.05) is 13.1 Å². The average Bonchev–Trinajstić information content (AvgIpc) is 3.18. The van der Waals surface area contributed by atoms with E-state index in [9.17, 15) is 9.59 Å². The van der Waals surface area contributed by atoms with Crippen LogP contribution >= 0.6 is 0 Å². The van der Waals surface area contributed by atoms with Gasteiger partial charge in [-0.3, -0.25) is 9.69 Å². The molecule has 1 saturated heterocycles. The summed E-state index contributed by atoms with van der Waals surface area (Å²) in [4.78, 5) is 26.4. The van der Waals surface area contributed by atoms with Crippen LogP contribution in [0.25, 0.3) is 0 Å². The van der Waals surface area contributed by atoms with Gasteiger partial charge in [0.15, 0.2) is 0 Å². The summed E-state index contributed by atoms with van der Waals surface area (Å²) in [7, 11) is 0. The van der Waals surface area contributed by atoms with Gasteiger partial charge in [0.25, 0.3) is 0 Å². The smallest absolute Gasteiger partial charge is 0.410 e. The van der Waals surface area contributed by atoms with E-state index in [1.165, 1.54) is 5.56 Å². The van der Waals surface area contributed by atoms with Crippen LogP contribution in [0.15, 0.2) is 60.7 Å². The van der Waals surface area contributed by atoms with Crippen molar-refractivity contribution in [3.8, 4) is 0 Å². The quantitative estimate of drug-likeness (QED) is 0.869. The van der Waals surface area contributed by atoms with Gasteiger partial charge in [-0.1, -0.05) is 60.7 Å². The summed E-state index contributed by atoms with van der Waals surface area (Å²) in [6, 6.07) is 19.1. The highest BCUT2D eigenvalue weighted by atomic mass is 16.6. The molecule has 1 heterocycles. The van der Waals surface area contributed by atoms with E-state index >= 15 is 0 Å². The van der Waals surface area contributed by atoms with Crippen LogP contribution in [-0.4, -0.2) is 36.0 Å². The van der Waals surface area contributed by atoms with Crippen LogP contribution in [0.5, 0.6) is 0 Å². The van der Waals surface area contributed by atoms with Crippen LogP contribution in [0.3, 0.4) is 0 Å². The summed E-state index contributed by atoms with van der Waals surface area (Å²) in [5.41, 5.74) is 2.11. The highest BCUT2D eigenvalue weighted by Crippen LogP contribution is 2.19. The van der Waals surface area contributed by atoms with Crippen LogP contribution in [-0.2, 0) is 22.6 Å². The molecule has 2 aromatic carbocycles. The first-order chi connectivity index (χ1) is 12.7. The fourth-order valence-electron chi connectivity index (χ4n) is 3.15. The maximum atomic E-state index is 12.5. The Hall–Kier alpha value is -2.82. The molecule has 1 N–H and O–H groups in total. The molecule has 5 heteroatoms. The van der Waals surface area contributed by atoms with Gasteiger partial charge in [-0.15, -0.1) is 0 Å². The molecule has 0 radical (unpaired) electrons.